The second kappa shape index (κ2) is 6.26. The quantitative estimate of drug-likeness (QED) is 0.752. The van der Waals surface area contributed by atoms with Crippen molar-refractivity contribution in [2.24, 2.45) is 0 Å². The molecule has 0 radical (unpaired) electrons. The van der Waals surface area contributed by atoms with Gasteiger partial charge in [-0.3, -0.25) is 0 Å². The molecule has 5 heteroatoms. The molecule has 0 bridgehead atoms. The summed E-state index contributed by atoms with van der Waals surface area (Å²) in [5.74, 6) is 0.728. The Kier molecular flexibility index (Phi) is 4.43. The molecule has 0 saturated heterocycles. The van der Waals surface area contributed by atoms with Gasteiger partial charge in [-0.2, -0.15) is 0 Å². The Morgan fingerprint density at radius 3 is 2.89 bits per heavy atom. The molecule has 3 N–H and O–H groups in total. The zero-order valence-electron chi connectivity index (χ0n) is 10.7. The maximum absolute atomic E-state index is 9.31. The molecule has 0 amide bonds. The van der Waals surface area contributed by atoms with Crippen molar-refractivity contribution in [2.75, 3.05) is 18.5 Å². The van der Waals surface area contributed by atoms with Crippen LogP contribution in [0.3, 0.4) is 0 Å². The van der Waals surface area contributed by atoms with Gasteiger partial charge in [-0.25, -0.2) is 9.97 Å². The molecular weight excluding hydrogens is 242 g/mol. The van der Waals surface area contributed by atoms with E-state index in [9.17, 15) is 5.11 Å². The lowest BCUT2D eigenvalue weighted by Crippen LogP contribution is -2.22. The maximum Gasteiger partial charge on any atom is 0.125 e. The normalized spacial score (nSPS) is 12.2. The first-order chi connectivity index (χ1) is 9.19. The molecule has 0 aliphatic heterocycles. The fraction of sp³-hybridized carbons (Fsp3) is 0.286. The Bertz CT molecular complexity index is 546. The molecule has 2 aromatic rings. The van der Waals surface area contributed by atoms with Crippen molar-refractivity contribution >= 4 is 5.69 Å². The molecule has 1 unspecified atom stereocenters. The Balaban J connectivity index is 2.15. The van der Waals surface area contributed by atoms with Gasteiger partial charge < -0.3 is 15.5 Å². The average molecular weight is 259 g/mol. The molecule has 1 heterocycles. The van der Waals surface area contributed by atoms with Crippen LogP contribution in [0.2, 0.25) is 0 Å². The lowest BCUT2D eigenvalue weighted by atomic mass is 10.1. The maximum atomic E-state index is 9.31. The van der Waals surface area contributed by atoms with Crippen LogP contribution in [0.4, 0.5) is 5.69 Å². The number of aliphatic hydroxyl groups is 2. The number of hydrogen-bond donors (Lipinski definition) is 3. The molecule has 1 atom stereocenters. The molecule has 0 saturated carbocycles. The minimum atomic E-state index is -0.759. The van der Waals surface area contributed by atoms with Crippen LogP contribution in [0.1, 0.15) is 5.82 Å². The zero-order chi connectivity index (χ0) is 13.7. The van der Waals surface area contributed by atoms with Gasteiger partial charge in [0, 0.05) is 24.0 Å². The van der Waals surface area contributed by atoms with Crippen LogP contribution in [0, 0.1) is 6.92 Å². The molecular formula is C14H17N3O2. The highest BCUT2D eigenvalue weighted by molar-refractivity contribution is 5.64. The average Bonchev–Trinajstić information content (AvgIpc) is 2.45. The van der Waals surface area contributed by atoms with E-state index in [1.54, 1.807) is 6.20 Å². The van der Waals surface area contributed by atoms with E-state index in [1.807, 2.05) is 37.3 Å². The molecule has 1 aromatic heterocycles. The molecule has 0 fully saturated rings. The van der Waals surface area contributed by atoms with Crippen LogP contribution in [-0.4, -0.2) is 39.4 Å². The van der Waals surface area contributed by atoms with E-state index in [1.165, 1.54) is 0 Å². The second-order valence-corrected chi connectivity index (χ2v) is 4.29. The predicted octanol–water partition coefficient (Wildman–Crippen LogP) is 1.22. The van der Waals surface area contributed by atoms with E-state index in [-0.39, 0.29) is 6.61 Å². The van der Waals surface area contributed by atoms with E-state index in [4.69, 9.17) is 5.11 Å². The van der Waals surface area contributed by atoms with Gasteiger partial charge in [0.1, 0.15) is 5.82 Å². The number of aryl methyl sites for hydroxylation is 1. The standard InChI is InChI=1S/C14H17N3O2/c1-10-15-6-5-14(17-10)11-3-2-4-12(7-11)16-8-13(19)9-18/h2-7,13,16,18-19H,8-9H2,1H3. The highest BCUT2D eigenvalue weighted by atomic mass is 16.3. The third-order valence-corrected chi connectivity index (χ3v) is 2.69. The third kappa shape index (κ3) is 3.74. The summed E-state index contributed by atoms with van der Waals surface area (Å²) >= 11 is 0. The lowest BCUT2D eigenvalue weighted by molar-refractivity contribution is 0.105. The minimum Gasteiger partial charge on any atom is -0.394 e. The van der Waals surface area contributed by atoms with E-state index >= 15 is 0 Å². The number of nitrogens with zero attached hydrogens (tertiary/aromatic N) is 2. The number of hydrogen-bond acceptors (Lipinski definition) is 5. The van der Waals surface area contributed by atoms with Gasteiger partial charge in [-0.15, -0.1) is 0 Å². The van der Waals surface area contributed by atoms with Gasteiger partial charge >= 0.3 is 0 Å². The summed E-state index contributed by atoms with van der Waals surface area (Å²) in [6, 6.07) is 9.60. The molecule has 0 aliphatic rings. The fourth-order valence-corrected chi connectivity index (χ4v) is 1.71. The van der Waals surface area contributed by atoms with Crippen LogP contribution in [0.5, 0.6) is 0 Å². The third-order valence-electron chi connectivity index (χ3n) is 2.69. The monoisotopic (exact) mass is 259 g/mol. The molecule has 2 rings (SSSR count). The predicted molar refractivity (Wildman–Crippen MR) is 73.8 cm³/mol. The fourth-order valence-electron chi connectivity index (χ4n) is 1.71. The number of anilines is 1. The van der Waals surface area contributed by atoms with Crippen LogP contribution >= 0.6 is 0 Å². The largest absolute Gasteiger partial charge is 0.394 e. The van der Waals surface area contributed by atoms with Crippen LogP contribution in [0.25, 0.3) is 11.3 Å². The SMILES string of the molecule is Cc1nccc(-c2cccc(NCC(O)CO)c2)n1. The molecule has 0 spiro atoms. The highest BCUT2D eigenvalue weighted by Gasteiger charge is 2.04. The Morgan fingerprint density at radius 2 is 2.16 bits per heavy atom. The lowest BCUT2D eigenvalue weighted by Gasteiger charge is -2.11. The molecule has 100 valence electrons. The van der Waals surface area contributed by atoms with Crippen LogP contribution < -0.4 is 5.32 Å². The van der Waals surface area contributed by atoms with E-state index in [2.05, 4.69) is 15.3 Å². The van der Waals surface area contributed by atoms with Gasteiger partial charge in [-0.05, 0) is 25.1 Å². The van der Waals surface area contributed by atoms with Gasteiger partial charge in [0.15, 0.2) is 0 Å². The molecule has 19 heavy (non-hydrogen) atoms. The Morgan fingerprint density at radius 1 is 1.32 bits per heavy atom. The van der Waals surface area contributed by atoms with E-state index in [0.29, 0.717) is 6.54 Å². The number of aromatic nitrogens is 2. The van der Waals surface area contributed by atoms with Crippen molar-refractivity contribution in [3.63, 3.8) is 0 Å². The van der Waals surface area contributed by atoms with Crippen molar-refractivity contribution in [1.82, 2.24) is 9.97 Å². The summed E-state index contributed by atoms with van der Waals surface area (Å²) in [7, 11) is 0. The van der Waals surface area contributed by atoms with Crippen molar-refractivity contribution in [1.29, 1.82) is 0 Å². The molecule has 5 nitrogen and oxygen atoms in total. The summed E-state index contributed by atoms with van der Waals surface area (Å²) < 4.78 is 0. The van der Waals surface area contributed by atoms with E-state index in [0.717, 1.165) is 22.8 Å². The first kappa shape index (κ1) is 13.5. The number of aliphatic hydroxyl groups excluding tert-OH is 2. The second-order valence-electron chi connectivity index (χ2n) is 4.29. The van der Waals surface area contributed by atoms with Gasteiger partial charge in [0.25, 0.3) is 0 Å². The van der Waals surface area contributed by atoms with Crippen LogP contribution in [0.15, 0.2) is 36.5 Å². The molecule has 1 aromatic carbocycles. The summed E-state index contributed by atoms with van der Waals surface area (Å²) in [6.07, 6.45) is 0.970. The summed E-state index contributed by atoms with van der Waals surface area (Å²) in [5, 5.41) is 21.1. The van der Waals surface area contributed by atoms with Crippen molar-refractivity contribution in [2.45, 2.75) is 13.0 Å². The van der Waals surface area contributed by atoms with Crippen molar-refractivity contribution in [3.05, 3.63) is 42.4 Å². The summed E-state index contributed by atoms with van der Waals surface area (Å²) in [4.78, 5) is 8.44. The Hall–Kier alpha value is -1.98. The first-order valence-electron chi connectivity index (χ1n) is 6.12. The number of benzene rings is 1. The van der Waals surface area contributed by atoms with Gasteiger partial charge in [0.05, 0.1) is 18.4 Å². The van der Waals surface area contributed by atoms with Gasteiger partial charge in [-0.1, -0.05) is 12.1 Å². The van der Waals surface area contributed by atoms with Crippen LogP contribution in [-0.2, 0) is 0 Å². The minimum absolute atomic E-state index is 0.252. The smallest absolute Gasteiger partial charge is 0.125 e. The topological polar surface area (TPSA) is 78.3 Å². The highest BCUT2D eigenvalue weighted by Crippen LogP contribution is 2.20. The zero-order valence-corrected chi connectivity index (χ0v) is 10.7. The van der Waals surface area contributed by atoms with Gasteiger partial charge in [0.2, 0.25) is 0 Å². The Labute approximate surface area is 112 Å². The number of nitrogens with one attached hydrogen (secondary N) is 1. The summed E-state index contributed by atoms with van der Waals surface area (Å²) in [5.41, 5.74) is 2.72. The van der Waals surface area contributed by atoms with Crippen molar-refractivity contribution < 1.29 is 10.2 Å². The first-order valence-corrected chi connectivity index (χ1v) is 6.12. The van der Waals surface area contributed by atoms with E-state index < -0.39 is 6.10 Å². The molecule has 0 aliphatic carbocycles. The summed E-state index contributed by atoms with van der Waals surface area (Å²) in [6.45, 7) is 1.91. The number of rotatable bonds is 5. The van der Waals surface area contributed by atoms with Crippen molar-refractivity contribution in [3.8, 4) is 11.3 Å².